The molecule has 0 atom stereocenters. The van der Waals surface area contributed by atoms with Gasteiger partial charge in [-0.1, -0.05) is 120 Å². The molecule has 3 aromatic carbocycles. The van der Waals surface area contributed by atoms with Gasteiger partial charge in [0, 0.05) is 11.3 Å². The molecule has 38 heavy (non-hydrogen) atoms. The van der Waals surface area contributed by atoms with Crippen LogP contribution >= 0.6 is 11.8 Å². The third kappa shape index (κ3) is 6.78. The first-order valence-electron chi connectivity index (χ1n) is 12.7. The SMILES string of the molecule is CC(C)(C)c1ccc(C=NNC(=O)CSc2nnc(-c3ccc(C(C)(C)C)cc3)n2-c2ccccc2)cc1. The van der Waals surface area contributed by atoms with Crippen molar-refractivity contribution in [2.24, 2.45) is 5.10 Å². The van der Waals surface area contributed by atoms with Gasteiger partial charge in [0.25, 0.3) is 5.91 Å². The van der Waals surface area contributed by atoms with E-state index < -0.39 is 0 Å². The first-order valence-corrected chi connectivity index (χ1v) is 13.7. The predicted octanol–water partition coefficient (Wildman–Crippen LogP) is 6.77. The number of thioether (sulfide) groups is 1. The fourth-order valence-corrected chi connectivity index (χ4v) is 4.63. The molecule has 0 spiro atoms. The van der Waals surface area contributed by atoms with Crippen molar-refractivity contribution >= 4 is 23.9 Å². The molecule has 0 unspecified atom stereocenters. The molecule has 1 N–H and O–H groups in total. The van der Waals surface area contributed by atoms with Crippen molar-refractivity contribution in [3.05, 3.63) is 95.6 Å². The second kappa shape index (κ2) is 11.4. The van der Waals surface area contributed by atoms with E-state index in [0.29, 0.717) is 5.16 Å². The Kier molecular flexibility index (Phi) is 8.17. The van der Waals surface area contributed by atoms with Crippen LogP contribution in [-0.4, -0.2) is 32.6 Å². The first-order chi connectivity index (χ1) is 18.0. The zero-order valence-corrected chi connectivity index (χ0v) is 23.7. The molecule has 1 heterocycles. The molecule has 0 aliphatic heterocycles. The molecule has 4 rings (SSSR count). The third-order valence-electron chi connectivity index (χ3n) is 6.17. The molecular weight excluding hydrogens is 490 g/mol. The van der Waals surface area contributed by atoms with Crippen LogP contribution in [0.1, 0.15) is 58.2 Å². The highest BCUT2D eigenvalue weighted by molar-refractivity contribution is 7.99. The zero-order chi connectivity index (χ0) is 27.3. The summed E-state index contributed by atoms with van der Waals surface area (Å²) in [6.45, 7) is 13.1. The van der Waals surface area contributed by atoms with Crippen LogP contribution in [0.3, 0.4) is 0 Å². The topological polar surface area (TPSA) is 72.2 Å². The van der Waals surface area contributed by atoms with E-state index in [1.165, 1.54) is 22.9 Å². The van der Waals surface area contributed by atoms with Gasteiger partial charge in [-0.05, 0) is 39.7 Å². The number of hydrazone groups is 1. The average molecular weight is 526 g/mol. The van der Waals surface area contributed by atoms with Crippen LogP contribution in [0, 0.1) is 0 Å². The molecule has 0 fully saturated rings. The number of carbonyl (C=O) groups excluding carboxylic acids is 1. The van der Waals surface area contributed by atoms with Gasteiger partial charge < -0.3 is 0 Å². The van der Waals surface area contributed by atoms with Crippen molar-refractivity contribution in [2.75, 3.05) is 5.75 Å². The number of benzene rings is 3. The van der Waals surface area contributed by atoms with Gasteiger partial charge in [-0.2, -0.15) is 5.10 Å². The maximum atomic E-state index is 12.5. The maximum absolute atomic E-state index is 12.5. The molecule has 4 aromatic rings. The predicted molar refractivity (Wildman–Crippen MR) is 157 cm³/mol. The van der Waals surface area contributed by atoms with Crippen LogP contribution in [-0.2, 0) is 15.6 Å². The number of amides is 1. The number of carbonyl (C=O) groups is 1. The molecule has 7 heteroatoms. The van der Waals surface area contributed by atoms with Gasteiger partial charge in [0.15, 0.2) is 11.0 Å². The molecule has 1 amide bonds. The summed E-state index contributed by atoms with van der Waals surface area (Å²) in [6.07, 6.45) is 1.65. The van der Waals surface area contributed by atoms with Crippen molar-refractivity contribution in [3.63, 3.8) is 0 Å². The van der Waals surface area contributed by atoms with Gasteiger partial charge in [-0.3, -0.25) is 9.36 Å². The van der Waals surface area contributed by atoms with Crippen molar-refractivity contribution in [2.45, 2.75) is 57.5 Å². The van der Waals surface area contributed by atoms with Gasteiger partial charge in [0.1, 0.15) is 0 Å². The lowest BCUT2D eigenvalue weighted by atomic mass is 9.87. The second-order valence-corrected chi connectivity index (χ2v) is 12.2. The van der Waals surface area contributed by atoms with E-state index >= 15 is 0 Å². The Labute approximate surface area is 229 Å². The van der Waals surface area contributed by atoms with E-state index in [1.807, 2.05) is 47.0 Å². The van der Waals surface area contributed by atoms with Gasteiger partial charge in [0.2, 0.25) is 0 Å². The number of para-hydroxylation sites is 1. The normalized spacial score (nSPS) is 12.2. The summed E-state index contributed by atoms with van der Waals surface area (Å²) >= 11 is 1.33. The molecular formula is C31H35N5OS. The van der Waals surface area contributed by atoms with Gasteiger partial charge in [-0.25, -0.2) is 5.43 Å². The monoisotopic (exact) mass is 525 g/mol. The number of rotatable bonds is 7. The van der Waals surface area contributed by atoms with Crippen LogP contribution in [0.2, 0.25) is 0 Å². The zero-order valence-electron chi connectivity index (χ0n) is 22.9. The summed E-state index contributed by atoms with van der Waals surface area (Å²) in [7, 11) is 0. The standard InChI is InChI=1S/C31H35N5OS/c1-30(2,3)24-16-12-22(13-17-24)20-32-33-27(37)21-38-29-35-34-28(36(29)26-10-8-7-9-11-26)23-14-18-25(19-15-23)31(4,5)6/h7-20H,21H2,1-6H3,(H,33,37). The van der Waals surface area contributed by atoms with Crippen LogP contribution in [0.25, 0.3) is 17.1 Å². The number of hydrogen-bond acceptors (Lipinski definition) is 5. The fourth-order valence-electron chi connectivity index (χ4n) is 3.89. The van der Waals surface area contributed by atoms with E-state index in [0.717, 1.165) is 22.6 Å². The largest absolute Gasteiger partial charge is 0.272 e. The van der Waals surface area contributed by atoms with Crippen LogP contribution in [0.15, 0.2) is 89.1 Å². The Morgan fingerprint density at radius 3 is 2.00 bits per heavy atom. The summed E-state index contributed by atoms with van der Waals surface area (Å²) < 4.78 is 1.99. The summed E-state index contributed by atoms with van der Waals surface area (Å²) in [5, 5.41) is 13.7. The van der Waals surface area contributed by atoms with E-state index in [4.69, 9.17) is 0 Å². The highest BCUT2D eigenvalue weighted by Crippen LogP contribution is 2.30. The van der Waals surface area contributed by atoms with Gasteiger partial charge in [-0.15, -0.1) is 10.2 Å². The van der Waals surface area contributed by atoms with E-state index in [1.54, 1.807) is 6.21 Å². The van der Waals surface area contributed by atoms with Crippen molar-refractivity contribution in [1.29, 1.82) is 0 Å². The molecule has 0 aliphatic rings. The number of aromatic nitrogens is 3. The molecule has 0 aliphatic carbocycles. The van der Waals surface area contributed by atoms with Crippen LogP contribution < -0.4 is 5.43 Å². The lowest BCUT2D eigenvalue weighted by molar-refractivity contribution is -0.118. The second-order valence-electron chi connectivity index (χ2n) is 11.3. The molecule has 0 saturated carbocycles. The Balaban J connectivity index is 1.47. The number of nitrogens with one attached hydrogen (secondary N) is 1. The molecule has 0 bridgehead atoms. The highest BCUT2D eigenvalue weighted by atomic mass is 32.2. The van der Waals surface area contributed by atoms with Crippen LogP contribution in [0.5, 0.6) is 0 Å². The summed E-state index contributed by atoms with van der Waals surface area (Å²) in [5.41, 5.74) is 8.11. The smallest absolute Gasteiger partial charge is 0.250 e. The van der Waals surface area contributed by atoms with Crippen LogP contribution in [0.4, 0.5) is 0 Å². The average Bonchev–Trinajstić information content (AvgIpc) is 3.31. The first kappa shape index (κ1) is 27.3. The Bertz CT molecular complexity index is 1390. The summed E-state index contributed by atoms with van der Waals surface area (Å²) in [6, 6.07) is 26.5. The Morgan fingerprint density at radius 1 is 0.842 bits per heavy atom. The quantitative estimate of drug-likeness (QED) is 0.164. The van der Waals surface area contributed by atoms with Gasteiger partial charge >= 0.3 is 0 Å². The minimum Gasteiger partial charge on any atom is -0.272 e. The van der Waals surface area contributed by atoms with E-state index in [9.17, 15) is 4.79 Å². The number of nitrogens with zero attached hydrogens (tertiary/aromatic N) is 4. The molecule has 196 valence electrons. The Morgan fingerprint density at radius 2 is 1.42 bits per heavy atom. The molecule has 1 aromatic heterocycles. The van der Waals surface area contributed by atoms with E-state index in [2.05, 4.69) is 98.7 Å². The molecule has 6 nitrogen and oxygen atoms in total. The van der Waals surface area contributed by atoms with Crippen molar-refractivity contribution < 1.29 is 4.79 Å². The Hall–Kier alpha value is -3.71. The lowest BCUT2D eigenvalue weighted by Crippen LogP contribution is -2.20. The van der Waals surface area contributed by atoms with Gasteiger partial charge in [0.05, 0.1) is 12.0 Å². The van der Waals surface area contributed by atoms with Crippen molar-refractivity contribution in [3.8, 4) is 17.1 Å². The molecule has 0 radical (unpaired) electrons. The maximum Gasteiger partial charge on any atom is 0.250 e. The summed E-state index contributed by atoms with van der Waals surface area (Å²) in [4.78, 5) is 12.5. The van der Waals surface area contributed by atoms with E-state index in [-0.39, 0.29) is 22.5 Å². The minimum atomic E-state index is -0.212. The minimum absolute atomic E-state index is 0.0678. The summed E-state index contributed by atoms with van der Waals surface area (Å²) in [5.74, 6) is 0.682. The lowest BCUT2D eigenvalue weighted by Gasteiger charge is -2.19. The van der Waals surface area contributed by atoms with Crippen molar-refractivity contribution in [1.82, 2.24) is 20.2 Å². The third-order valence-corrected chi connectivity index (χ3v) is 7.10. The number of hydrogen-bond donors (Lipinski definition) is 1. The highest BCUT2D eigenvalue weighted by Gasteiger charge is 2.19. The molecule has 0 saturated heterocycles. The fraction of sp³-hybridized carbons (Fsp3) is 0.290.